The van der Waals surface area contributed by atoms with Gasteiger partial charge in [0.2, 0.25) is 11.8 Å². The Morgan fingerprint density at radius 2 is 1.41 bits per heavy atom. The number of piperazine rings is 1. The largest absolute Gasteiger partial charge is 0.341 e. The van der Waals surface area contributed by atoms with Crippen molar-refractivity contribution in [2.45, 2.75) is 34.1 Å². The van der Waals surface area contributed by atoms with Crippen LogP contribution in [0.25, 0.3) is 0 Å². The number of carbonyl (C=O) groups excluding carboxylic acids is 2. The molecule has 3 rings (SSSR count). The van der Waals surface area contributed by atoms with Crippen LogP contribution in [0.15, 0.2) is 18.2 Å². The summed E-state index contributed by atoms with van der Waals surface area (Å²) in [4.78, 5) is 31.5. The minimum absolute atomic E-state index is 0.0239. The van der Waals surface area contributed by atoms with E-state index in [1.165, 1.54) is 6.42 Å². The van der Waals surface area contributed by atoms with E-state index in [0.717, 1.165) is 56.1 Å². The third-order valence-electron chi connectivity index (χ3n) is 5.92. The second kappa shape index (κ2) is 9.72. The van der Waals surface area contributed by atoms with E-state index in [1.807, 2.05) is 30.9 Å². The summed E-state index contributed by atoms with van der Waals surface area (Å²) in [5, 5.41) is 3.01. The van der Waals surface area contributed by atoms with E-state index in [2.05, 4.69) is 35.0 Å². The minimum atomic E-state index is 0.0239. The Kier molecular flexibility index (Phi) is 7.30. The number of carbonyl (C=O) groups is 2. The van der Waals surface area contributed by atoms with Gasteiger partial charge in [-0.05, 0) is 55.4 Å². The fourth-order valence-electron chi connectivity index (χ4n) is 4.71. The lowest BCUT2D eigenvalue weighted by Crippen LogP contribution is -2.52. The molecule has 0 radical (unpaired) electrons. The zero-order chi connectivity index (χ0) is 21.0. The van der Waals surface area contributed by atoms with Gasteiger partial charge >= 0.3 is 0 Å². The molecule has 0 bridgehead atoms. The Hall–Kier alpha value is -1.92. The van der Waals surface area contributed by atoms with Crippen LogP contribution in [0.4, 0.5) is 5.69 Å². The number of anilines is 1. The lowest BCUT2D eigenvalue weighted by molar-refractivity contribution is -0.135. The van der Waals surface area contributed by atoms with Gasteiger partial charge in [0.25, 0.3) is 0 Å². The second-order valence-electron chi connectivity index (χ2n) is 9.22. The summed E-state index contributed by atoms with van der Waals surface area (Å²) in [5.41, 5.74) is 3.16. The van der Waals surface area contributed by atoms with Crippen LogP contribution in [0.3, 0.4) is 0 Å². The summed E-state index contributed by atoms with van der Waals surface area (Å²) in [6, 6.07) is 6.09. The minimum Gasteiger partial charge on any atom is -0.341 e. The van der Waals surface area contributed by atoms with E-state index in [1.54, 1.807) is 0 Å². The van der Waals surface area contributed by atoms with Crippen LogP contribution < -0.4 is 5.32 Å². The number of nitrogens with zero attached hydrogens (tertiary/aromatic N) is 3. The molecule has 1 aromatic carbocycles. The van der Waals surface area contributed by atoms with E-state index in [0.29, 0.717) is 24.9 Å². The van der Waals surface area contributed by atoms with Crippen LogP contribution in [0, 0.1) is 25.7 Å². The lowest BCUT2D eigenvalue weighted by Gasteiger charge is -2.38. The summed E-state index contributed by atoms with van der Waals surface area (Å²) >= 11 is 0. The van der Waals surface area contributed by atoms with Crippen molar-refractivity contribution in [2.75, 3.05) is 57.7 Å². The SMILES string of the molecule is Cc1cc(C)cc(NC(=O)CN2CCN(CC(=O)N3CC(C)CC(C)C3)CC2)c1. The van der Waals surface area contributed by atoms with E-state index in [-0.39, 0.29) is 11.8 Å². The van der Waals surface area contributed by atoms with Gasteiger partial charge in [-0.1, -0.05) is 19.9 Å². The number of hydrogen-bond acceptors (Lipinski definition) is 4. The molecule has 2 saturated heterocycles. The Labute approximate surface area is 175 Å². The number of hydrogen-bond donors (Lipinski definition) is 1. The van der Waals surface area contributed by atoms with Gasteiger partial charge in [0, 0.05) is 45.0 Å². The molecule has 2 unspecified atom stereocenters. The van der Waals surface area contributed by atoms with Gasteiger partial charge in [0.05, 0.1) is 13.1 Å². The maximum Gasteiger partial charge on any atom is 0.238 e. The number of piperidine rings is 1. The highest BCUT2D eigenvalue weighted by atomic mass is 16.2. The summed E-state index contributed by atoms with van der Waals surface area (Å²) in [6.45, 7) is 14.5. The molecule has 6 heteroatoms. The van der Waals surface area contributed by atoms with Crippen molar-refractivity contribution in [1.29, 1.82) is 0 Å². The van der Waals surface area contributed by atoms with Crippen molar-refractivity contribution in [3.8, 4) is 0 Å². The van der Waals surface area contributed by atoms with Crippen LogP contribution in [0.2, 0.25) is 0 Å². The van der Waals surface area contributed by atoms with E-state index >= 15 is 0 Å². The number of benzene rings is 1. The predicted molar refractivity (Wildman–Crippen MR) is 117 cm³/mol. The molecule has 2 aliphatic rings. The quantitative estimate of drug-likeness (QED) is 0.824. The first-order valence-electron chi connectivity index (χ1n) is 10.9. The highest BCUT2D eigenvalue weighted by Gasteiger charge is 2.27. The van der Waals surface area contributed by atoms with Crippen molar-refractivity contribution in [1.82, 2.24) is 14.7 Å². The molecule has 1 N–H and O–H groups in total. The van der Waals surface area contributed by atoms with Crippen molar-refractivity contribution in [3.63, 3.8) is 0 Å². The van der Waals surface area contributed by atoms with Crippen LogP contribution in [0.5, 0.6) is 0 Å². The van der Waals surface area contributed by atoms with Gasteiger partial charge in [-0.3, -0.25) is 19.4 Å². The van der Waals surface area contributed by atoms with Crippen LogP contribution in [-0.4, -0.2) is 78.9 Å². The van der Waals surface area contributed by atoms with Gasteiger partial charge in [-0.15, -0.1) is 0 Å². The molecule has 2 amide bonds. The molecule has 2 heterocycles. The van der Waals surface area contributed by atoms with Crippen molar-refractivity contribution in [2.24, 2.45) is 11.8 Å². The third-order valence-corrected chi connectivity index (χ3v) is 5.92. The molecule has 6 nitrogen and oxygen atoms in total. The number of likely N-dealkylation sites (tertiary alicyclic amines) is 1. The van der Waals surface area contributed by atoms with Gasteiger partial charge in [0.1, 0.15) is 0 Å². The molecule has 29 heavy (non-hydrogen) atoms. The molecule has 2 fully saturated rings. The lowest BCUT2D eigenvalue weighted by atomic mass is 9.92. The molecule has 2 aliphatic heterocycles. The van der Waals surface area contributed by atoms with E-state index in [4.69, 9.17) is 0 Å². The topological polar surface area (TPSA) is 55.9 Å². The average Bonchev–Trinajstić information content (AvgIpc) is 2.61. The number of rotatable bonds is 5. The molecule has 1 aromatic rings. The molecular weight excluding hydrogens is 364 g/mol. The summed E-state index contributed by atoms with van der Waals surface area (Å²) in [6.07, 6.45) is 1.21. The first-order chi connectivity index (χ1) is 13.8. The number of aryl methyl sites for hydroxylation is 2. The summed E-state index contributed by atoms with van der Waals surface area (Å²) < 4.78 is 0. The zero-order valence-corrected chi connectivity index (χ0v) is 18.4. The molecular formula is C23H36N4O2. The number of amides is 2. The van der Waals surface area contributed by atoms with Crippen molar-refractivity contribution in [3.05, 3.63) is 29.3 Å². The van der Waals surface area contributed by atoms with Crippen molar-refractivity contribution < 1.29 is 9.59 Å². The van der Waals surface area contributed by atoms with Gasteiger partial charge in [-0.25, -0.2) is 0 Å². The fourth-order valence-corrected chi connectivity index (χ4v) is 4.71. The van der Waals surface area contributed by atoms with Gasteiger partial charge < -0.3 is 10.2 Å². The maximum absolute atomic E-state index is 12.7. The van der Waals surface area contributed by atoms with Crippen molar-refractivity contribution >= 4 is 17.5 Å². The molecule has 0 saturated carbocycles. The summed E-state index contributed by atoms with van der Waals surface area (Å²) in [5.74, 6) is 1.46. The highest BCUT2D eigenvalue weighted by Crippen LogP contribution is 2.21. The van der Waals surface area contributed by atoms with Crippen LogP contribution in [0.1, 0.15) is 31.4 Å². The van der Waals surface area contributed by atoms with Gasteiger partial charge in [-0.2, -0.15) is 0 Å². The van der Waals surface area contributed by atoms with Gasteiger partial charge in [0.15, 0.2) is 0 Å². The molecule has 0 aliphatic carbocycles. The molecule has 0 spiro atoms. The second-order valence-corrected chi connectivity index (χ2v) is 9.22. The first kappa shape index (κ1) is 21.8. The fraction of sp³-hybridized carbons (Fsp3) is 0.652. The van der Waals surface area contributed by atoms with Crippen LogP contribution in [-0.2, 0) is 9.59 Å². The van der Waals surface area contributed by atoms with E-state index < -0.39 is 0 Å². The average molecular weight is 401 g/mol. The number of nitrogens with one attached hydrogen (secondary N) is 1. The highest BCUT2D eigenvalue weighted by molar-refractivity contribution is 5.92. The third kappa shape index (κ3) is 6.54. The molecule has 160 valence electrons. The monoisotopic (exact) mass is 400 g/mol. The maximum atomic E-state index is 12.7. The summed E-state index contributed by atoms with van der Waals surface area (Å²) in [7, 11) is 0. The first-order valence-corrected chi connectivity index (χ1v) is 10.9. The molecule has 0 aromatic heterocycles. The predicted octanol–water partition coefficient (Wildman–Crippen LogP) is 2.36. The Morgan fingerprint density at radius 1 is 0.897 bits per heavy atom. The zero-order valence-electron chi connectivity index (χ0n) is 18.4. The Morgan fingerprint density at radius 3 is 1.97 bits per heavy atom. The Balaban J connectivity index is 1.41. The Bertz CT molecular complexity index is 697. The molecule has 2 atom stereocenters. The standard InChI is InChI=1S/C23H36N4O2/c1-17-9-18(2)12-21(11-17)24-22(28)15-25-5-7-26(8-6-25)16-23(29)27-13-19(3)10-20(4)14-27/h9,11-12,19-20H,5-8,10,13-16H2,1-4H3,(H,24,28). The smallest absolute Gasteiger partial charge is 0.238 e. The van der Waals surface area contributed by atoms with E-state index in [9.17, 15) is 9.59 Å². The normalized spacial score (nSPS) is 23.8. The van der Waals surface area contributed by atoms with Crippen LogP contribution >= 0.6 is 0 Å².